The molecule has 0 spiro atoms. The first-order valence-corrected chi connectivity index (χ1v) is 7.79. The van der Waals surface area contributed by atoms with Crippen molar-refractivity contribution in [2.24, 2.45) is 5.41 Å². The molecule has 1 N–H and O–H groups in total. The fourth-order valence-electron chi connectivity index (χ4n) is 2.82. The lowest BCUT2D eigenvalue weighted by Crippen LogP contribution is -2.36. The molecule has 1 amide bonds. The molecule has 2 rings (SSSR count). The van der Waals surface area contributed by atoms with Crippen molar-refractivity contribution in [1.82, 2.24) is 5.32 Å². The van der Waals surface area contributed by atoms with Gasteiger partial charge in [-0.1, -0.05) is 44.0 Å². The van der Waals surface area contributed by atoms with Crippen LogP contribution < -0.4 is 5.32 Å². The van der Waals surface area contributed by atoms with Gasteiger partial charge in [0.1, 0.15) is 6.61 Å². The summed E-state index contributed by atoms with van der Waals surface area (Å²) in [5, 5.41) is 2.94. The van der Waals surface area contributed by atoms with Gasteiger partial charge in [0.2, 0.25) is 5.91 Å². The number of alkyl halides is 3. The van der Waals surface area contributed by atoms with Crippen LogP contribution in [0.1, 0.15) is 43.7 Å². The van der Waals surface area contributed by atoms with Gasteiger partial charge in [-0.2, -0.15) is 13.2 Å². The summed E-state index contributed by atoms with van der Waals surface area (Å²) < 4.78 is 40.6. The molecule has 0 aromatic heterocycles. The maximum Gasteiger partial charge on any atom is 0.411 e. The van der Waals surface area contributed by atoms with Crippen molar-refractivity contribution in [2.45, 2.75) is 51.9 Å². The Hall–Kier alpha value is -1.56. The van der Waals surface area contributed by atoms with Crippen LogP contribution in [0.2, 0.25) is 0 Å². The molecule has 0 heterocycles. The molecule has 0 aliphatic heterocycles. The predicted molar refractivity (Wildman–Crippen MR) is 80.6 cm³/mol. The van der Waals surface area contributed by atoms with Gasteiger partial charge in [0.05, 0.1) is 6.61 Å². The molecular weight excluding hydrogens is 307 g/mol. The van der Waals surface area contributed by atoms with Crippen molar-refractivity contribution < 1.29 is 22.7 Å². The number of nitrogens with one attached hydrogen (secondary N) is 1. The van der Waals surface area contributed by atoms with Crippen LogP contribution in [0, 0.1) is 5.41 Å². The van der Waals surface area contributed by atoms with E-state index in [-0.39, 0.29) is 17.9 Å². The Morgan fingerprint density at radius 1 is 1.17 bits per heavy atom. The molecule has 0 saturated heterocycles. The maximum absolute atomic E-state index is 12.2. The molecule has 1 aromatic carbocycles. The lowest BCUT2D eigenvalue weighted by Gasteiger charge is -2.22. The standard InChI is InChI=1S/C17H22F3NO2/c1-16(8-2-3-9-16)15(22)21-10-13-4-6-14(7-5-13)11-23-12-17(18,19)20/h4-7H,2-3,8-12H2,1H3,(H,21,22). The van der Waals surface area contributed by atoms with Crippen molar-refractivity contribution >= 4 is 5.91 Å². The van der Waals surface area contributed by atoms with Gasteiger partial charge in [-0.25, -0.2) is 0 Å². The van der Waals surface area contributed by atoms with Gasteiger partial charge in [-0.3, -0.25) is 4.79 Å². The molecule has 128 valence electrons. The Labute approximate surface area is 134 Å². The van der Waals surface area contributed by atoms with Gasteiger partial charge in [0, 0.05) is 12.0 Å². The van der Waals surface area contributed by atoms with Crippen LogP contribution >= 0.6 is 0 Å². The van der Waals surface area contributed by atoms with Crippen LogP contribution in [0.4, 0.5) is 13.2 Å². The quantitative estimate of drug-likeness (QED) is 0.858. The molecule has 1 aliphatic rings. The van der Waals surface area contributed by atoms with Crippen LogP contribution in [0.15, 0.2) is 24.3 Å². The summed E-state index contributed by atoms with van der Waals surface area (Å²) in [6, 6.07) is 7.03. The monoisotopic (exact) mass is 329 g/mol. The van der Waals surface area contributed by atoms with Crippen molar-refractivity contribution in [2.75, 3.05) is 6.61 Å². The first-order chi connectivity index (χ1) is 10.8. The largest absolute Gasteiger partial charge is 0.411 e. The Kier molecular flexibility index (Phi) is 5.68. The van der Waals surface area contributed by atoms with Gasteiger partial charge in [-0.15, -0.1) is 0 Å². The van der Waals surface area contributed by atoms with E-state index < -0.39 is 12.8 Å². The molecule has 1 fully saturated rings. The minimum atomic E-state index is -4.30. The lowest BCUT2D eigenvalue weighted by atomic mass is 9.88. The molecule has 0 atom stereocenters. The van der Waals surface area contributed by atoms with E-state index in [4.69, 9.17) is 0 Å². The van der Waals surface area contributed by atoms with E-state index in [0.717, 1.165) is 31.2 Å². The van der Waals surface area contributed by atoms with Crippen molar-refractivity contribution in [3.63, 3.8) is 0 Å². The molecule has 0 bridgehead atoms. The number of carbonyl (C=O) groups is 1. The number of amides is 1. The number of hydrogen-bond donors (Lipinski definition) is 1. The van der Waals surface area contributed by atoms with Crippen molar-refractivity contribution in [3.8, 4) is 0 Å². The zero-order valence-electron chi connectivity index (χ0n) is 13.2. The predicted octanol–water partition coefficient (Wildman–Crippen LogP) is 3.96. The van der Waals surface area contributed by atoms with Crippen LogP contribution in [-0.4, -0.2) is 18.7 Å². The van der Waals surface area contributed by atoms with Crippen molar-refractivity contribution in [1.29, 1.82) is 0 Å². The fourth-order valence-corrected chi connectivity index (χ4v) is 2.82. The second-order valence-corrected chi connectivity index (χ2v) is 6.37. The van der Waals surface area contributed by atoms with E-state index in [9.17, 15) is 18.0 Å². The third kappa shape index (κ3) is 5.53. The number of halogens is 3. The van der Waals surface area contributed by atoms with Crippen LogP contribution in [0.25, 0.3) is 0 Å². The van der Waals surface area contributed by atoms with Gasteiger partial charge in [0.25, 0.3) is 0 Å². The SMILES string of the molecule is CC1(C(=O)NCc2ccc(COCC(F)(F)F)cc2)CCCC1. The third-order valence-corrected chi connectivity index (χ3v) is 4.27. The number of hydrogen-bond acceptors (Lipinski definition) is 2. The van der Waals surface area contributed by atoms with E-state index in [1.54, 1.807) is 24.3 Å². The second-order valence-electron chi connectivity index (χ2n) is 6.37. The van der Waals surface area contributed by atoms with E-state index in [1.165, 1.54) is 0 Å². The summed E-state index contributed by atoms with van der Waals surface area (Å²) in [7, 11) is 0. The zero-order chi connectivity index (χ0) is 16.9. The van der Waals surface area contributed by atoms with E-state index >= 15 is 0 Å². The molecule has 1 aliphatic carbocycles. The molecule has 3 nitrogen and oxygen atoms in total. The van der Waals surface area contributed by atoms with E-state index in [1.807, 2.05) is 6.92 Å². The second kappa shape index (κ2) is 7.34. The minimum Gasteiger partial charge on any atom is -0.367 e. The summed E-state index contributed by atoms with van der Waals surface area (Å²) in [6.45, 7) is 1.10. The summed E-state index contributed by atoms with van der Waals surface area (Å²) in [6.07, 6.45) is -0.268. The highest BCUT2D eigenvalue weighted by atomic mass is 19.4. The fraction of sp³-hybridized carbons (Fsp3) is 0.588. The Balaban J connectivity index is 1.77. The highest BCUT2D eigenvalue weighted by Crippen LogP contribution is 2.37. The van der Waals surface area contributed by atoms with Crippen LogP contribution in [0.5, 0.6) is 0 Å². The Morgan fingerprint density at radius 2 is 1.74 bits per heavy atom. The van der Waals surface area contributed by atoms with Gasteiger partial charge in [-0.05, 0) is 24.0 Å². The lowest BCUT2D eigenvalue weighted by molar-refractivity contribution is -0.176. The molecule has 1 aromatic rings. The Bertz CT molecular complexity index is 520. The maximum atomic E-state index is 12.2. The molecular formula is C17H22F3NO2. The van der Waals surface area contributed by atoms with Crippen LogP contribution in [0.3, 0.4) is 0 Å². The normalized spacial score (nSPS) is 17.2. The van der Waals surface area contributed by atoms with Gasteiger partial charge >= 0.3 is 6.18 Å². The average molecular weight is 329 g/mol. The van der Waals surface area contributed by atoms with Gasteiger partial charge < -0.3 is 10.1 Å². The van der Waals surface area contributed by atoms with E-state index in [2.05, 4.69) is 10.1 Å². The molecule has 1 saturated carbocycles. The molecule has 6 heteroatoms. The summed E-state index contributed by atoms with van der Waals surface area (Å²) in [5.41, 5.74) is 1.33. The highest BCUT2D eigenvalue weighted by molar-refractivity contribution is 5.82. The zero-order valence-corrected chi connectivity index (χ0v) is 13.2. The summed E-state index contributed by atoms with van der Waals surface area (Å²) >= 11 is 0. The van der Waals surface area contributed by atoms with Crippen molar-refractivity contribution in [3.05, 3.63) is 35.4 Å². The molecule has 23 heavy (non-hydrogen) atoms. The third-order valence-electron chi connectivity index (χ3n) is 4.27. The Morgan fingerprint density at radius 3 is 2.30 bits per heavy atom. The summed E-state index contributed by atoms with van der Waals surface area (Å²) in [5.74, 6) is 0.0765. The number of carbonyl (C=O) groups excluding carboxylic acids is 1. The average Bonchev–Trinajstić information content (AvgIpc) is 2.93. The first kappa shape index (κ1) is 17.8. The topological polar surface area (TPSA) is 38.3 Å². The first-order valence-electron chi connectivity index (χ1n) is 7.79. The number of ether oxygens (including phenoxy) is 1. The number of benzene rings is 1. The van der Waals surface area contributed by atoms with E-state index in [0.29, 0.717) is 12.1 Å². The minimum absolute atomic E-state index is 0.0765. The number of rotatable bonds is 6. The smallest absolute Gasteiger partial charge is 0.367 e. The molecule has 0 unspecified atom stereocenters. The highest BCUT2D eigenvalue weighted by Gasteiger charge is 2.35. The van der Waals surface area contributed by atoms with Gasteiger partial charge in [0.15, 0.2) is 0 Å². The van der Waals surface area contributed by atoms with Crippen LogP contribution in [-0.2, 0) is 22.7 Å². The summed E-state index contributed by atoms with van der Waals surface area (Å²) in [4.78, 5) is 12.2. The molecule has 0 radical (unpaired) electrons.